The monoisotopic (exact) mass is 485 g/mol. The fraction of sp³-hybridized carbons (Fsp3) is 0.435. The van der Waals surface area contributed by atoms with Crippen LogP contribution in [-0.2, 0) is 22.3 Å². The Balaban J connectivity index is 1.69. The summed E-state index contributed by atoms with van der Waals surface area (Å²) in [5.74, 6) is -4.00. The van der Waals surface area contributed by atoms with Crippen molar-refractivity contribution in [3.05, 3.63) is 53.7 Å². The van der Waals surface area contributed by atoms with Crippen molar-refractivity contribution in [2.45, 2.75) is 57.5 Å². The molecule has 1 aliphatic rings. The van der Waals surface area contributed by atoms with Crippen LogP contribution in [0.25, 0.3) is 11.3 Å². The van der Waals surface area contributed by atoms with E-state index in [0.717, 1.165) is 17.0 Å². The van der Waals surface area contributed by atoms with E-state index in [1.165, 1.54) is 18.3 Å². The van der Waals surface area contributed by atoms with Crippen molar-refractivity contribution < 1.29 is 36.3 Å². The lowest BCUT2D eigenvalue weighted by molar-refractivity contribution is -0.137. The minimum atomic E-state index is -4.46. The molecular weight excluding hydrogens is 461 g/mol. The number of carbonyl (C=O) groups excluding carboxylic acids is 2. The van der Waals surface area contributed by atoms with E-state index in [0.29, 0.717) is 16.8 Å². The molecule has 1 aliphatic heterocycles. The second-order valence-electron chi connectivity index (χ2n) is 9.03. The van der Waals surface area contributed by atoms with Gasteiger partial charge in [-0.2, -0.15) is 13.2 Å². The van der Waals surface area contributed by atoms with Crippen LogP contribution in [0.2, 0.25) is 0 Å². The number of likely N-dealkylation sites (tertiary alicyclic amines) is 1. The van der Waals surface area contributed by atoms with Crippen molar-refractivity contribution in [2.75, 3.05) is 6.54 Å². The molecular formula is C23H24F5N3O3. The zero-order valence-electron chi connectivity index (χ0n) is 18.7. The molecule has 3 rings (SSSR count). The maximum absolute atomic E-state index is 14.0. The Kier molecular flexibility index (Phi) is 6.86. The predicted molar refractivity (Wildman–Crippen MR) is 113 cm³/mol. The first-order valence-corrected chi connectivity index (χ1v) is 10.4. The number of hydrogen-bond donors (Lipinski definition) is 1. The van der Waals surface area contributed by atoms with E-state index in [1.807, 2.05) is 0 Å². The van der Waals surface area contributed by atoms with Crippen molar-refractivity contribution in [3.63, 3.8) is 0 Å². The quantitative estimate of drug-likeness (QED) is 0.617. The predicted octanol–water partition coefficient (Wildman–Crippen LogP) is 5.03. The number of nitrogens with one attached hydrogen (secondary N) is 1. The van der Waals surface area contributed by atoms with Crippen LogP contribution in [0.3, 0.4) is 0 Å². The van der Waals surface area contributed by atoms with Crippen LogP contribution >= 0.6 is 0 Å². The summed E-state index contributed by atoms with van der Waals surface area (Å²) in [6, 6.07) is 6.19. The van der Waals surface area contributed by atoms with E-state index in [-0.39, 0.29) is 6.54 Å². The van der Waals surface area contributed by atoms with Crippen molar-refractivity contribution in [2.24, 2.45) is 0 Å². The molecule has 0 saturated carbocycles. The fourth-order valence-electron chi connectivity index (χ4n) is 3.44. The Hall–Kier alpha value is -3.24. The Bertz CT molecular complexity index is 1050. The van der Waals surface area contributed by atoms with E-state index < -0.39 is 54.3 Å². The summed E-state index contributed by atoms with van der Waals surface area (Å²) in [5, 5.41) is 2.54. The van der Waals surface area contributed by atoms with Gasteiger partial charge in [-0.15, -0.1) is 0 Å². The number of pyridine rings is 1. The summed E-state index contributed by atoms with van der Waals surface area (Å²) >= 11 is 0. The van der Waals surface area contributed by atoms with Crippen molar-refractivity contribution in [3.8, 4) is 11.3 Å². The molecule has 2 aromatic rings. The van der Waals surface area contributed by atoms with E-state index in [9.17, 15) is 31.5 Å². The molecule has 1 aromatic carbocycles. The van der Waals surface area contributed by atoms with Gasteiger partial charge in [-0.3, -0.25) is 14.7 Å². The smallest absolute Gasteiger partial charge is 0.416 e. The Morgan fingerprint density at radius 1 is 1.15 bits per heavy atom. The normalized spacial score (nSPS) is 18.0. The molecule has 0 aliphatic carbocycles. The fourth-order valence-corrected chi connectivity index (χ4v) is 3.44. The van der Waals surface area contributed by atoms with Crippen molar-refractivity contribution in [1.29, 1.82) is 0 Å². The largest absolute Gasteiger partial charge is 0.444 e. The van der Waals surface area contributed by atoms with Gasteiger partial charge in [-0.05, 0) is 50.6 Å². The van der Waals surface area contributed by atoms with Gasteiger partial charge in [0.2, 0.25) is 5.91 Å². The van der Waals surface area contributed by atoms with E-state index in [4.69, 9.17) is 4.74 Å². The maximum atomic E-state index is 14.0. The number of ether oxygens (including phenoxy) is 1. The molecule has 0 unspecified atom stereocenters. The first kappa shape index (κ1) is 25.4. The van der Waals surface area contributed by atoms with Crippen LogP contribution in [0.5, 0.6) is 0 Å². The van der Waals surface area contributed by atoms with Crippen LogP contribution in [0.1, 0.15) is 38.3 Å². The van der Waals surface area contributed by atoms with E-state index in [2.05, 4.69) is 10.3 Å². The third-order valence-corrected chi connectivity index (χ3v) is 5.00. The molecule has 1 fully saturated rings. The summed E-state index contributed by atoms with van der Waals surface area (Å²) < 4.78 is 71.4. The first-order valence-electron chi connectivity index (χ1n) is 10.4. The van der Waals surface area contributed by atoms with E-state index in [1.54, 1.807) is 32.9 Å². The number of aromatic nitrogens is 1. The van der Waals surface area contributed by atoms with Gasteiger partial charge in [0.05, 0.1) is 17.8 Å². The maximum Gasteiger partial charge on any atom is 0.416 e. The van der Waals surface area contributed by atoms with Gasteiger partial charge >= 0.3 is 12.3 Å². The molecule has 1 atom stereocenters. The van der Waals surface area contributed by atoms with Crippen LogP contribution in [0.15, 0.2) is 42.6 Å². The number of benzene rings is 1. The highest BCUT2D eigenvalue weighted by Crippen LogP contribution is 2.33. The molecule has 34 heavy (non-hydrogen) atoms. The Labute approximate surface area is 193 Å². The van der Waals surface area contributed by atoms with Gasteiger partial charge in [0.1, 0.15) is 11.6 Å². The second-order valence-corrected chi connectivity index (χ2v) is 9.03. The molecule has 184 valence electrons. The average molecular weight is 485 g/mol. The number of alkyl halides is 5. The number of nitrogens with zero attached hydrogens (tertiary/aromatic N) is 2. The standard InChI is InChI=1S/C23H24F5N3O3/c1-21(2,3)34-20(33)31-13-22(24,25)11-18(31)19(32)30-12-14-8-9-29-17(10-14)15-4-6-16(7-5-15)23(26,27)28/h4-10,18H,11-13H2,1-3H3,(H,30,32)/t18-/m0/s1. The highest BCUT2D eigenvalue weighted by Gasteiger charge is 2.51. The molecule has 2 heterocycles. The average Bonchev–Trinajstić information content (AvgIpc) is 3.06. The summed E-state index contributed by atoms with van der Waals surface area (Å²) in [5.41, 5.74) is -0.341. The van der Waals surface area contributed by atoms with Crippen molar-refractivity contribution >= 4 is 12.0 Å². The van der Waals surface area contributed by atoms with Crippen LogP contribution in [0, 0.1) is 0 Å². The molecule has 0 radical (unpaired) electrons. The van der Waals surface area contributed by atoms with Crippen molar-refractivity contribution in [1.82, 2.24) is 15.2 Å². The first-order chi connectivity index (χ1) is 15.6. The van der Waals surface area contributed by atoms with Crippen LogP contribution in [0.4, 0.5) is 26.7 Å². The van der Waals surface area contributed by atoms with Gasteiger partial charge in [0, 0.05) is 24.7 Å². The number of hydrogen-bond acceptors (Lipinski definition) is 4. The molecule has 1 N–H and O–H groups in total. The molecule has 1 saturated heterocycles. The van der Waals surface area contributed by atoms with Gasteiger partial charge < -0.3 is 10.1 Å². The topological polar surface area (TPSA) is 71.5 Å². The number of carbonyl (C=O) groups is 2. The summed E-state index contributed by atoms with van der Waals surface area (Å²) in [7, 11) is 0. The highest BCUT2D eigenvalue weighted by molar-refractivity contribution is 5.86. The van der Waals surface area contributed by atoms with Gasteiger partial charge in [0.15, 0.2) is 0 Å². The molecule has 2 amide bonds. The lowest BCUT2D eigenvalue weighted by atomic mass is 10.1. The minimum absolute atomic E-state index is 0.0563. The molecule has 1 aromatic heterocycles. The third-order valence-electron chi connectivity index (χ3n) is 5.00. The third kappa shape index (κ3) is 6.42. The summed E-state index contributed by atoms with van der Waals surface area (Å²) in [6.07, 6.45) is -4.86. The van der Waals surface area contributed by atoms with Gasteiger partial charge in [0.25, 0.3) is 5.92 Å². The minimum Gasteiger partial charge on any atom is -0.444 e. The van der Waals surface area contributed by atoms with Gasteiger partial charge in [-0.25, -0.2) is 13.6 Å². The second kappa shape index (κ2) is 9.19. The zero-order valence-corrected chi connectivity index (χ0v) is 18.7. The zero-order chi connectivity index (χ0) is 25.3. The summed E-state index contributed by atoms with van der Waals surface area (Å²) in [4.78, 5) is 29.8. The SMILES string of the molecule is CC(C)(C)OC(=O)N1CC(F)(F)C[C@H]1C(=O)NCc1ccnc(-c2ccc(C(F)(F)F)cc2)c1. The lowest BCUT2D eigenvalue weighted by Crippen LogP contribution is -2.47. The number of rotatable bonds is 4. The molecule has 11 heteroatoms. The number of halogens is 5. The summed E-state index contributed by atoms with van der Waals surface area (Å²) in [6.45, 7) is 3.79. The van der Waals surface area contributed by atoms with Crippen LogP contribution < -0.4 is 5.32 Å². The van der Waals surface area contributed by atoms with Crippen LogP contribution in [-0.4, -0.2) is 46.0 Å². The Morgan fingerprint density at radius 2 is 1.79 bits per heavy atom. The van der Waals surface area contributed by atoms with E-state index >= 15 is 0 Å². The number of amides is 2. The Morgan fingerprint density at radius 3 is 2.38 bits per heavy atom. The van der Waals surface area contributed by atoms with Gasteiger partial charge in [-0.1, -0.05) is 12.1 Å². The lowest BCUT2D eigenvalue weighted by Gasteiger charge is -2.27. The molecule has 0 bridgehead atoms. The highest BCUT2D eigenvalue weighted by atomic mass is 19.4. The molecule has 0 spiro atoms. The molecule has 6 nitrogen and oxygen atoms in total.